The van der Waals surface area contributed by atoms with Gasteiger partial charge in [-0.2, -0.15) is 0 Å². The Hall–Kier alpha value is -4.19. The molecule has 23 heteroatoms. The van der Waals surface area contributed by atoms with E-state index in [-0.39, 0.29) is 12.1 Å². The fourth-order valence-corrected chi connectivity index (χ4v) is 6.26. The van der Waals surface area contributed by atoms with Gasteiger partial charge in [0.15, 0.2) is 17.2 Å². The van der Waals surface area contributed by atoms with E-state index in [1.165, 1.54) is 21.1 Å². The van der Waals surface area contributed by atoms with Crippen molar-refractivity contribution in [3.63, 3.8) is 0 Å². The predicted octanol–water partition coefficient (Wildman–Crippen LogP) is -0.345. The van der Waals surface area contributed by atoms with Crippen molar-refractivity contribution in [2.45, 2.75) is 56.2 Å². The van der Waals surface area contributed by atoms with Crippen LogP contribution >= 0.6 is 0 Å². The monoisotopic (exact) mass is 740 g/mol. The molecule has 0 unspecified atom stereocenters. The molecule has 49 heavy (non-hydrogen) atoms. The molecule has 0 aliphatic carbocycles. The molecule has 0 spiro atoms. The highest BCUT2D eigenvalue weighted by molar-refractivity contribution is 7.88. The van der Waals surface area contributed by atoms with Crippen LogP contribution in [0.4, 0.5) is 20.7 Å². The Morgan fingerprint density at radius 2 is 1.00 bits per heavy atom. The lowest BCUT2D eigenvalue weighted by Gasteiger charge is -2.30. The second kappa shape index (κ2) is 18.0. The number of carboxylic acids is 3. The molecular weight excluding hydrogens is 702 g/mol. The molecule has 0 bridgehead atoms. The summed E-state index contributed by atoms with van der Waals surface area (Å²) in [5.41, 5.74) is -2.74. The van der Waals surface area contributed by atoms with Gasteiger partial charge in [-0.25, -0.2) is 59.0 Å². The molecule has 2 aliphatic heterocycles. The van der Waals surface area contributed by atoms with Crippen LogP contribution in [0.2, 0.25) is 0 Å². The van der Waals surface area contributed by atoms with Crippen LogP contribution in [0, 0.1) is 11.6 Å². The van der Waals surface area contributed by atoms with Gasteiger partial charge in [0.1, 0.15) is 0 Å². The third kappa shape index (κ3) is 14.9. The van der Waals surface area contributed by atoms with Crippen LogP contribution in [0.15, 0.2) is 24.8 Å². The number of halogens is 2. The van der Waals surface area contributed by atoms with Gasteiger partial charge in [0.05, 0.1) is 50.1 Å². The first-order chi connectivity index (χ1) is 22.7. The number of aromatic nitrogens is 4. The van der Waals surface area contributed by atoms with Gasteiger partial charge in [0, 0.05) is 38.3 Å². The van der Waals surface area contributed by atoms with E-state index in [1.54, 1.807) is 0 Å². The summed E-state index contributed by atoms with van der Waals surface area (Å²) in [5.74, 6) is -5.24. The van der Waals surface area contributed by atoms with E-state index in [2.05, 4.69) is 30.6 Å². The summed E-state index contributed by atoms with van der Waals surface area (Å²) >= 11 is 0. The molecule has 2 aromatic heterocycles. The molecule has 6 N–H and O–H groups in total. The summed E-state index contributed by atoms with van der Waals surface area (Å²) in [7, 11) is -6.21. The Bertz CT molecular complexity index is 1510. The summed E-state index contributed by atoms with van der Waals surface area (Å²) in [4.78, 5) is 45.7. The molecule has 274 valence electrons. The zero-order chi connectivity index (χ0) is 37.0. The van der Waals surface area contributed by atoms with Gasteiger partial charge in [-0.05, 0) is 25.7 Å². The summed E-state index contributed by atoms with van der Waals surface area (Å²) < 4.78 is 73.5. The van der Waals surface area contributed by atoms with E-state index in [9.17, 15) is 40.0 Å². The van der Waals surface area contributed by atoms with Crippen molar-refractivity contribution in [2.24, 2.45) is 0 Å². The number of aliphatic carboxylic acids is 3. The minimum Gasteiger partial charge on any atom is -0.481 e. The Morgan fingerprint density at radius 3 is 1.22 bits per heavy atom. The third-order valence-corrected chi connectivity index (χ3v) is 9.64. The number of nitrogens with one attached hydrogen (secondary N) is 2. The van der Waals surface area contributed by atoms with Crippen molar-refractivity contribution in [1.82, 2.24) is 28.5 Å². The Morgan fingerprint density at radius 1 is 0.714 bits per heavy atom. The van der Waals surface area contributed by atoms with Crippen molar-refractivity contribution < 1.29 is 60.4 Å². The molecule has 2 saturated heterocycles. The van der Waals surface area contributed by atoms with Crippen LogP contribution in [0.3, 0.4) is 0 Å². The highest BCUT2D eigenvalue weighted by Gasteiger charge is 2.40. The van der Waals surface area contributed by atoms with Gasteiger partial charge in [-0.3, -0.25) is 9.59 Å². The minimum absolute atomic E-state index is 0.119. The molecule has 2 fully saturated rings. The zero-order valence-corrected chi connectivity index (χ0v) is 28.1. The molecule has 0 saturated carbocycles. The Balaban J connectivity index is 0.000000260. The highest BCUT2D eigenvalue weighted by Crippen LogP contribution is 2.18. The lowest BCUT2D eigenvalue weighted by atomic mass is 9.96. The van der Waals surface area contributed by atoms with Crippen LogP contribution in [0.1, 0.15) is 38.5 Å². The minimum atomic E-state index is -3.10. The lowest BCUT2D eigenvalue weighted by Crippen LogP contribution is -2.42. The Labute approximate surface area is 280 Å². The molecule has 0 radical (unpaired) electrons. The average molecular weight is 741 g/mol. The van der Waals surface area contributed by atoms with Crippen LogP contribution in [-0.2, 0) is 34.4 Å². The molecule has 0 amide bonds. The van der Waals surface area contributed by atoms with Crippen molar-refractivity contribution in [3.8, 4) is 0 Å². The first kappa shape index (κ1) is 41.0. The normalized spacial score (nSPS) is 16.7. The number of hydrogen-bond donors (Lipinski definition) is 6. The van der Waals surface area contributed by atoms with Gasteiger partial charge in [0.2, 0.25) is 31.9 Å². The van der Waals surface area contributed by atoms with Crippen molar-refractivity contribution >= 4 is 49.9 Å². The highest BCUT2D eigenvalue weighted by atomic mass is 32.2. The largest absolute Gasteiger partial charge is 0.481 e. The SMILES string of the molecule is CS(=O)(=O)N1CCC(Nc2ncc(F)cn2)CC1.CS(=O)(=O)N1CCC(Nc2ncc(F)cn2)CC1.O=C(O)CC(O)(CC(=O)O)C(=O)O. The number of aliphatic hydroxyl groups is 1. The van der Waals surface area contributed by atoms with Crippen molar-refractivity contribution in [1.29, 1.82) is 0 Å². The number of carbonyl (C=O) groups is 3. The van der Waals surface area contributed by atoms with Crippen LogP contribution in [-0.4, -0.2) is 140 Å². The smallest absolute Gasteiger partial charge is 0.336 e. The molecule has 4 rings (SSSR count). The van der Waals surface area contributed by atoms with E-state index in [0.29, 0.717) is 63.8 Å². The fraction of sp³-hybridized carbons (Fsp3) is 0.577. The molecule has 0 aromatic carbocycles. The van der Waals surface area contributed by atoms with E-state index < -0.39 is 68.0 Å². The number of anilines is 2. The topological polar surface area (TPSA) is 283 Å². The number of piperidine rings is 2. The summed E-state index contributed by atoms with van der Waals surface area (Å²) in [6, 6.07) is 0.238. The first-order valence-corrected chi connectivity index (χ1v) is 18.2. The lowest BCUT2D eigenvalue weighted by molar-refractivity contribution is -0.170. The van der Waals surface area contributed by atoms with Gasteiger partial charge < -0.3 is 31.1 Å². The summed E-state index contributed by atoms with van der Waals surface area (Å²) in [5, 5.41) is 40.0. The zero-order valence-electron chi connectivity index (χ0n) is 26.4. The molecule has 2 aromatic rings. The fourth-order valence-electron chi connectivity index (χ4n) is 4.52. The predicted molar refractivity (Wildman–Crippen MR) is 167 cm³/mol. The average Bonchev–Trinajstić information content (AvgIpc) is 2.99. The summed E-state index contributed by atoms with van der Waals surface area (Å²) in [6.45, 7) is 1.94. The van der Waals surface area contributed by atoms with Gasteiger partial charge >= 0.3 is 17.9 Å². The van der Waals surface area contributed by atoms with Crippen LogP contribution < -0.4 is 10.6 Å². The third-order valence-electron chi connectivity index (χ3n) is 7.04. The van der Waals surface area contributed by atoms with E-state index in [1.807, 2.05) is 0 Å². The van der Waals surface area contributed by atoms with Gasteiger partial charge in [-0.1, -0.05) is 0 Å². The van der Waals surface area contributed by atoms with Gasteiger partial charge in [0.25, 0.3) is 0 Å². The maximum atomic E-state index is 12.6. The summed E-state index contributed by atoms with van der Waals surface area (Å²) in [6.07, 6.45) is 7.28. The molecule has 19 nitrogen and oxygen atoms in total. The Kier molecular flexibility index (Phi) is 15.0. The maximum Gasteiger partial charge on any atom is 0.336 e. The molecular formula is C26H38F2N8O11S2. The number of sulfonamides is 2. The molecule has 0 atom stereocenters. The standard InChI is InChI=1S/2C10H15FN4O2S.C6H8O7/c2*1-18(16,17)15-4-2-9(3-5-15)14-10-12-6-8(11)7-13-10;7-3(8)1-6(13,5(11)12)2-4(9)10/h2*6-7,9H,2-5H2,1H3,(H,12,13,14);13H,1-2H2,(H,7,8)(H,9,10)(H,11,12). The number of hydrogen-bond acceptors (Lipinski definition) is 14. The van der Waals surface area contributed by atoms with Gasteiger partial charge in [-0.15, -0.1) is 0 Å². The van der Waals surface area contributed by atoms with E-state index >= 15 is 0 Å². The molecule has 4 heterocycles. The second-order valence-electron chi connectivity index (χ2n) is 11.1. The molecule has 2 aliphatic rings. The second-order valence-corrected chi connectivity index (χ2v) is 15.1. The van der Waals surface area contributed by atoms with E-state index in [4.69, 9.17) is 20.4 Å². The maximum absolute atomic E-state index is 12.6. The number of nitrogens with zero attached hydrogens (tertiary/aromatic N) is 6. The van der Waals surface area contributed by atoms with Crippen molar-refractivity contribution in [3.05, 3.63) is 36.4 Å². The number of carboxylic acid groups (broad SMARTS) is 3. The van der Waals surface area contributed by atoms with Crippen molar-refractivity contribution in [2.75, 3.05) is 49.3 Å². The number of rotatable bonds is 11. The van der Waals surface area contributed by atoms with Crippen LogP contribution in [0.5, 0.6) is 0 Å². The van der Waals surface area contributed by atoms with E-state index in [0.717, 1.165) is 24.8 Å². The quantitative estimate of drug-likeness (QED) is 0.172. The first-order valence-electron chi connectivity index (χ1n) is 14.5. The van der Waals surface area contributed by atoms with Crippen LogP contribution in [0.25, 0.3) is 0 Å².